The maximum atomic E-state index is 12.4. The zero-order valence-electron chi connectivity index (χ0n) is 20.2. The van der Waals surface area contributed by atoms with Crippen LogP contribution in [0.25, 0.3) is 43.5 Å². The smallest absolute Gasteiger partial charge is 0.387 e. The first kappa shape index (κ1) is 23.2. The fourth-order valence-electron chi connectivity index (χ4n) is 4.53. The number of rotatable bonds is 5. The number of para-hydroxylation sites is 1. The van der Waals surface area contributed by atoms with Crippen LogP contribution in [0, 0.1) is 0 Å². The summed E-state index contributed by atoms with van der Waals surface area (Å²) in [6, 6.07) is 33.3. The Balaban J connectivity index is 1.38. The highest BCUT2D eigenvalue weighted by molar-refractivity contribution is 7.31. The number of hydrogen-bond donors (Lipinski definition) is 2. The van der Waals surface area contributed by atoms with E-state index in [2.05, 4.69) is 47.0 Å². The lowest BCUT2D eigenvalue weighted by Crippen LogP contribution is -2.39. The molecule has 2 N–H and O–H groups in total. The molecule has 7 heteroatoms. The summed E-state index contributed by atoms with van der Waals surface area (Å²) in [6.45, 7) is 2.10. The lowest BCUT2D eigenvalue weighted by atomic mass is 9.99. The van der Waals surface area contributed by atoms with E-state index in [1.54, 1.807) is 0 Å². The number of hydrogen-bond acceptors (Lipinski definition) is 4. The number of carbonyl (C=O) groups is 1. The van der Waals surface area contributed by atoms with E-state index in [4.69, 9.17) is 12.9 Å². The molecule has 0 saturated carbocycles. The number of anilines is 1. The van der Waals surface area contributed by atoms with Crippen molar-refractivity contribution in [3.05, 3.63) is 103 Å². The summed E-state index contributed by atoms with van der Waals surface area (Å²) in [7, 11) is -1.76. The van der Waals surface area contributed by atoms with Gasteiger partial charge in [-0.25, -0.2) is 4.79 Å². The van der Waals surface area contributed by atoms with Crippen molar-refractivity contribution in [3.63, 3.8) is 0 Å². The summed E-state index contributed by atoms with van der Waals surface area (Å²) in [5.41, 5.74) is 2.14. The highest BCUT2D eigenvalue weighted by atomic mass is 31.1. The number of nitrogens with one attached hydrogen (secondary N) is 2. The molecular formula is C30H25N2O4P. The number of amides is 2. The van der Waals surface area contributed by atoms with Crippen LogP contribution in [0.1, 0.15) is 6.92 Å². The SMILES string of the molecule is CC(COp1oc2ccc3ccccc3c2c2c(ccc3ccccc32)o1)NC(=O)Nc1ccccc1. The average Bonchev–Trinajstić information content (AvgIpc) is 3.09. The average molecular weight is 509 g/mol. The Morgan fingerprint density at radius 3 is 1.89 bits per heavy atom. The number of carbonyl (C=O) groups excluding carboxylic acids is 1. The van der Waals surface area contributed by atoms with E-state index in [1.165, 1.54) is 0 Å². The van der Waals surface area contributed by atoms with Crippen LogP contribution in [-0.2, 0) is 0 Å². The monoisotopic (exact) mass is 508 g/mol. The molecule has 1 unspecified atom stereocenters. The van der Waals surface area contributed by atoms with Gasteiger partial charge in [-0.2, -0.15) is 0 Å². The minimum atomic E-state index is -1.76. The first-order chi connectivity index (χ1) is 18.2. The van der Waals surface area contributed by atoms with E-state index in [9.17, 15) is 4.79 Å². The summed E-state index contributed by atoms with van der Waals surface area (Å²) < 4.78 is 18.8. The first-order valence-electron chi connectivity index (χ1n) is 12.1. The van der Waals surface area contributed by atoms with Gasteiger partial charge in [-0.3, -0.25) is 4.52 Å². The Morgan fingerprint density at radius 2 is 1.30 bits per heavy atom. The zero-order valence-corrected chi connectivity index (χ0v) is 21.1. The second kappa shape index (κ2) is 10.0. The van der Waals surface area contributed by atoms with Crippen LogP contribution >= 0.6 is 8.24 Å². The number of benzene rings is 5. The molecule has 0 aliphatic carbocycles. The Hall–Kier alpha value is -4.25. The summed E-state index contributed by atoms with van der Waals surface area (Å²) >= 11 is 0. The van der Waals surface area contributed by atoms with Crippen LogP contribution < -0.4 is 15.2 Å². The fraction of sp³-hybridized carbons (Fsp3) is 0.100. The lowest BCUT2D eigenvalue weighted by Gasteiger charge is -2.13. The van der Waals surface area contributed by atoms with Crippen molar-refractivity contribution in [3.8, 4) is 0 Å². The van der Waals surface area contributed by atoms with Crippen LogP contribution in [0.15, 0.2) is 112 Å². The molecule has 0 bridgehead atoms. The van der Waals surface area contributed by atoms with E-state index in [0.717, 1.165) is 38.0 Å². The molecule has 0 saturated heterocycles. The van der Waals surface area contributed by atoms with Gasteiger partial charge in [0.15, 0.2) is 0 Å². The molecule has 1 heterocycles. The normalized spacial score (nSPS) is 12.1. The van der Waals surface area contributed by atoms with E-state index in [-0.39, 0.29) is 18.7 Å². The second-order valence-corrected chi connectivity index (χ2v) is 9.96. The molecule has 0 radical (unpaired) electrons. The van der Waals surface area contributed by atoms with E-state index in [0.29, 0.717) is 11.2 Å². The van der Waals surface area contributed by atoms with Crippen molar-refractivity contribution in [2.24, 2.45) is 0 Å². The van der Waals surface area contributed by atoms with Crippen molar-refractivity contribution in [2.75, 3.05) is 11.9 Å². The molecular weight excluding hydrogens is 483 g/mol. The maximum Gasteiger partial charge on any atom is 0.387 e. The van der Waals surface area contributed by atoms with Crippen molar-refractivity contribution >= 4 is 63.4 Å². The molecule has 0 fully saturated rings. The largest absolute Gasteiger partial charge is 0.399 e. The Bertz CT molecular complexity index is 1680. The summed E-state index contributed by atoms with van der Waals surface area (Å²) in [6.07, 6.45) is 0. The van der Waals surface area contributed by atoms with Crippen molar-refractivity contribution in [1.29, 1.82) is 0 Å². The van der Waals surface area contributed by atoms with Crippen molar-refractivity contribution < 1.29 is 17.7 Å². The van der Waals surface area contributed by atoms with Gasteiger partial charge in [0, 0.05) is 16.5 Å². The number of fused-ring (bicyclic) bond motifs is 7. The molecule has 5 aromatic carbocycles. The Labute approximate surface area is 214 Å². The molecule has 1 atom stereocenters. The van der Waals surface area contributed by atoms with Gasteiger partial charge in [-0.15, -0.1) is 0 Å². The van der Waals surface area contributed by atoms with Gasteiger partial charge in [0.1, 0.15) is 11.2 Å². The van der Waals surface area contributed by atoms with Gasteiger partial charge < -0.3 is 19.0 Å². The third-order valence-corrected chi connectivity index (χ3v) is 7.27. The highest BCUT2D eigenvalue weighted by Gasteiger charge is 2.15. The maximum absolute atomic E-state index is 12.4. The van der Waals surface area contributed by atoms with Crippen LogP contribution in [0.2, 0.25) is 0 Å². The predicted molar refractivity (Wildman–Crippen MR) is 151 cm³/mol. The molecule has 1 aromatic heterocycles. The standard InChI is InChI=1S/C30H25N2O4P/c1-20(31-30(33)32-23-11-3-2-4-12-23)19-34-37-35-26-17-15-21-9-5-7-13-24(21)28(26)29-25-14-8-6-10-22(25)16-18-27(29)36-37/h2-18,20H,19H2,1H3,(H2,31,32,33). The zero-order chi connectivity index (χ0) is 25.2. The van der Waals surface area contributed by atoms with Crippen LogP contribution in [0.3, 0.4) is 0 Å². The van der Waals surface area contributed by atoms with Gasteiger partial charge in [-0.1, -0.05) is 78.9 Å². The third kappa shape index (κ3) is 4.77. The minimum Gasteiger partial charge on any atom is -0.399 e. The second-order valence-electron chi connectivity index (χ2n) is 8.89. The quantitative estimate of drug-likeness (QED) is 0.246. The molecule has 0 aliphatic rings. The highest BCUT2D eigenvalue weighted by Crippen LogP contribution is 2.40. The molecule has 2 amide bonds. The van der Waals surface area contributed by atoms with Gasteiger partial charge >= 0.3 is 14.3 Å². The van der Waals surface area contributed by atoms with Crippen LogP contribution in [0.4, 0.5) is 10.5 Å². The van der Waals surface area contributed by atoms with Crippen LogP contribution in [-0.4, -0.2) is 18.7 Å². The summed E-state index contributed by atoms with van der Waals surface area (Å²) in [5.74, 6) is 0. The van der Waals surface area contributed by atoms with Gasteiger partial charge in [-0.05, 0) is 52.7 Å². The van der Waals surface area contributed by atoms with E-state index >= 15 is 0 Å². The van der Waals surface area contributed by atoms with Crippen LogP contribution in [0.5, 0.6) is 0 Å². The van der Waals surface area contributed by atoms with E-state index < -0.39 is 8.24 Å². The summed E-state index contributed by atoms with van der Waals surface area (Å²) in [5, 5.41) is 12.1. The number of urea groups is 1. The molecule has 0 aliphatic heterocycles. The topological polar surface area (TPSA) is 76.6 Å². The minimum absolute atomic E-state index is 0.222. The molecule has 6 rings (SSSR count). The van der Waals surface area contributed by atoms with Crippen molar-refractivity contribution in [1.82, 2.24) is 5.32 Å². The van der Waals surface area contributed by atoms with Gasteiger partial charge in [0.05, 0.1) is 12.6 Å². The first-order valence-corrected chi connectivity index (χ1v) is 13.2. The summed E-state index contributed by atoms with van der Waals surface area (Å²) in [4.78, 5) is 12.4. The van der Waals surface area contributed by atoms with Crippen molar-refractivity contribution in [2.45, 2.75) is 13.0 Å². The molecule has 6 nitrogen and oxygen atoms in total. The van der Waals surface area contributed by atoms with E-state index in [1.807, 2.05) is 73.7 Å². The molecule has 37 heavy (non-hydrogen) atoms. The van der Waals surface area contributed by atoms with Gasteiger partial charge in [0.25, 0.3) is 0 Å². The lowest BCUT2D eigenvalue weighted by molar-refractivity contribution is 0.243. The molecule has 0 spiro atoms. The molecule has 184 valence electrons. The third-order valence-electron chi connectivity index (χ3n) is 6.22. The Morgan fingerprint density at radius 1 is 0.757 bits per heavy atom. The van der Waals surface area contributed by atoms with Gasteiger partial charge in [0.2, 0.25) is 0 Å². The molecule has 6 aromatic rings. The predicted octanol–water partition coefficient (Wildman–Crippen LogP) is 8.24. The Kier molecular flexibility index (Phi) is 6.27. The fourth-order valence-corrected chi connectivity index (χ4v) is 5.64.